The van der Waals surface area contributed by atoms with Crippen LogP contribution in [0.4, 0.5) is 0 Å². The lowest BCUT2D eigenvalue weighted by Gasteiger charge is -2.42. The summed E-state index contributed by atoms with van der Waals surface area (Å²) in [5.41, 5.74) is 5.48. The Morgan fingerprint density at radius 3 is 2.62 bits per heavy atom. The van der Waals surface area contributed by atoms with E-state index in [0.717, 1.165) is 22.4 Å². The van der Waals surface area contributed by atoms with Crippen LogP contribution in [0.5, 0.6) is 5.75 Å². The van der Waals surface area contributed by atoms with Gasteiger partial charge in [0.05, 0.1) is 6.61 Å². The summed E-state index contributed by atoms with van der Waals surface area (Å²) in [4.78, 5) is 11.7. The summed E-state index contributed by atoms with van der Waals surface area (Å²) in [7, 11) is -2.04. The Labute approximate surface area is 192 Å². The molecule has 0 radical (unpaired) electrons. The van der Waals surface area contributed by atoms with Gasteiger partial charge in [0, 0.05) is 17.2 Å². The fourth-order valence-corrected chi connectivity index (χ4v) is 5.16. The maximum atomic E-state index is 11.7. The molecule has 0 saturated carbocycles. The van der Waals surface area contributed by atoms with E-state index in [9.17, 15) is 4.79 Å². The van der Waals surface area contributed by atoms with Gasteiger partial charge in [0.2, 0.25) is 0 Å². The van der Waals surface area contributed by atoms with Crippen molar-refractivity contribution >= 4 is 32.0 Å². The first-order valence-corrected chi connectivity index (χ1v) is 14.2. The summed E-state index contributed by atoms with van der Waals surface area (Å²) in [5.74, 6) is 0.516. The van der Waals surface area contributed by atoms with Gasteiger partial charge in [-0.25, -0.2) is 4.79 Å². The summed E-state index contributed by atoms with van der Waals surface area (Å²) >= 11 is 0. The van der Waals surface area contributed by atoms with Gasteiger partial charge in [0.25, 0.3) is 0 Å². The smallest absolute Gasteiger partial charge is 0.330 e. The van der Waals surface area contributed by atoms with Crippen LogP contribution < -0.4 is 4.74 Å². The SMILES string of the molecule is CCOC(=O)/C=C/c1ccc2c(c1)C1=Cc3ccccc3[C@@H](O[Si](C)(C)C(C)(C)C)[C@@H]1O2. The molecule has 2 atom stereocenters. The van der Waals surface area contributed by atoms with Gasteiger partial charge in [-0.15, -0.1) is 0 Å². The fraction of sp³-hybridized carbons (Fsp3) is 0.370. The molecule has 2 aliphatic rings. The third-order valence-corrected chi connectivity index (χ3v) is 11.1. The quantitative estimate of drug-likeness (QED) is 0.292. The van der Waals surface area contributed by atoms with Crippen molar-refractivity contribution in [1.29, 1.82) is 0 Å². The molecule has 1 heterocycles. The maximum absolute atomic E-state index is 11.7. The highest BCUT2D eigenvalue weighted by Crippen LogP contribution is 2.51. The fourth-order valence-electron chi connectivity index (χ4n) is 3.92. The molecule has 0 saturated heterocycles. The van der Waals surface area contributed by atoms with E-state index in [2.05, 4.69) is 70.3 Å². The summed E-state index contributed by atoms with van der Waals surface area (Å²) < 4.78 is 18.4. The lowest BCUT2D eigenvalue weighted by Crippen LogP contribution is -2.45. The first-order chi connectivity index (χ1) is 15.1. The lowest BCUT2D eigenvalue weighted by molar-refractivity contribution is -0.137. The van der Waals surface area contributed by atoms with Crippen molar-refractivity contribution < 1.29 is 18.7 Å². The van der Waals surface area contributed by atoms with Crippen molar-refractivity contribution in [3.8, 4) is 5.75 Å². The normalized spacial score (nSPS) is 19.6. The summed E-state index contributed by atoms with van der Waals surface area (Å²) in [6, 6.07) is 14.4. The molecule has 0 spiro atoms. The van der Waals surface area contributed by atoms with Crippen molar-refractivity contribution in [3.63, 3.8) is 0 Å². The number of carbonyl (C=O) groups is 1. The molecule has 2 aromatic carbocycles. The van der Waals surface area contributed by atoms with Crippen LogP contribution in [0.3, 0.4) is 0 Å². The van der Waals surface area contributed by atoms with E-state index < -0.39 is 8.32 Å². The zero-order valence-electron chi connectivity index (χ0n) is 19.8. The Morgan fingerprint density at radius 1 is 1.16 bits per heavy atom. The molecular formula is C27H32O4Si. The molecule has 0 bridgehead atoms. The van der Waals surface area contributed by atoms with Crippen molar-refractivity contribution in [3.05, 3.63) is 70.8 Å². The number of benzene rings is 2. The first-order valence-electron chi connectivity index (χ1n) is 11.2. The van der Waals surface area contributed by atoms with Crippen LogP contribution in [-0.4, -0.2) is 27.0 Å². The van der Waals surface area contributed by atoms with Crippen LogP contribution in [-0.2, 0) is 14.0 Å². The van der Waals surface area contributed by atoms with E-state index in [0.29, 0.717) is 6.61 Å². The van der Waals surface area contributed by atoms with Crippen molar-refractivity contribution in [2.45, 2.75) is 58.0 Å². The van der Waals surface area contributed by atoms with Crippen LogP contribution in [0, 0.1) is 0 Å². The number of rotatable bonds is 5. The molecule has 0 N–H and O–H groups in total. The number of hydrogen-bond donors (Lipinski definition) is 0. The van der Waals surface area contributed by atoms with Gasteiger partial charge in [-0.05, 0) is 66.0 Å². The number of carbonyl (C=O) groups excluding carboxylic acids is 1. The first kappa shape index (κ1) is 22.6. The Balaban J connectivity index is 1.72. The van der Waals surface area contributed by atoms with Gasteiger partial charge in [-0.3, -0.25) is 0 Å². The third-order valence-electron chi connectivity index (χ3n) is 6.69. The Morgan fingerprint density at radius 2 is 1.91 bits per heavy atom. The zero-order valence-corrected chi connectivity index (χ0v) is 20.8. The number of fused-ring (bicyclic) bond motifs is 4. The van der Waals surface area contributed by atoms with E-state index in [-0.39, 0.29) is 23.2 Å². The number of ether oxygens (including phenoxy) is 2. The molecule has 2 aromatic rings. The van der Waals surface area contributed by atoms with Crippen LogP contribution >= 0.6 is 0 Å². The second kappa shape index (κ2) is 8.37. The molecule has 32 heavy (non-hydrogen) atoms. The molecule has 1 aliphatic carbocycles. The minimum absolute atomic E-state index is 0.0970. The van der Waals surface area contributed by atoms with Gasteiger partial charge < -0.3 is 13.9 Å². The predicted molar refractivity (Wildman–Crippen MR) is 132 cm³/mol. The molecule has 0 unspecified atom stereocenters. The van der Waals surface area contributed by atoms with E-state index in [1.54, 1.807) is 13.0 Å². The van der Waals surface area contributed by atoms with Crippen LogP contribution in [0.15, 0.2) is 48.5 Å². The lowest BCUT2D eigenvalue weighted by atomic mass is 9.85. The molecule has 4 nitrogen and oxygen atoms in total. The zero-order chi connectivity index (χ0) is 23.1. The van der Waals surface area contributed by atoms with E-state index in [1.165, 1.54) is 17.2 Å². The Kier molecular flexibility index (Phi) is 5.90. The molecule has 5 heteroatoms. The molecule has 0 aromatic heterocycles. The highest BCUT2D eigenvalue weighted by Gasteiger charge is 2.46. The van der Waals surface area contributed by atoms with Crippen LogP contribution in [0.2, 0.25) is 18.1 Å². The third kappa shape index (κ3) is 4.19. The van der Waals surface area contributed by atoms with E-state index in [4.69, 9.17) is 13.9 Å². The Hall–Kier alpha value is -2.63. The van der Waals surface area contributed by atoms with E-state index in [1.807, 2.05) is 12.1 Å². The summed E-state index contributed by atoms with van der Waals surface area (Å²) in [5, 5.41) is 0.0970. The molecular weight excluding hydrogens is 416 g/mol. The highest BCUT2D eigenvalue weighted by molar-refractivity contribution is 6.74. The number of esters is 1. The summed E-state index contributed by atoms with van der Waals surface area (Å²) in [6.07, 6.45) is 5.13. The van der Waals surface area contributed by atoms with Gasteiger partial charge in [-0.1, -0.05) is 51.1 Å². The van der Waals surface area contributed by atoms with Crippen molar-refractivity contribution in [1.82, 2.24) is 0 Å². The van der Waals surface area contributed by atoms with Crippen molar-refractivity contribution in [2.24, 2.45) is 0 Å². The predicted octanol–water partition coefficient (Wildman–Crippen LogP) is 6.64. The molecule has 168 valence electrons. The van der Waals surface area contributed by atoms with Gasteiger partial charge in [0.1, 0.15) is 11.9 Å². The van der Waals surface area contributed by atoms with E-state index >= 15 is 0 Å². The second-order valence-corrected chi connectivity index (χ2v) is 14.7. The van der Waals surface area contributed by atoms with Crippen LogP contribution in [0.25, 0.3) is 17.7 Å². The molecule has 1 aliphatic heterocycles. The Bertz CT molecular complexity index is 1090. The largest absolute Gasteiger partial charge is 0.482 e. The molecule has 0 amide bonds. The topological polar surface area (TPSA) is 44.8 Å². The highest BCUT2D eigenvalue weighted by atomic mass is 28.4. The average molecular weight is 449 g/mol. The monoisotopic (exact) mass is 448 g/mol. The van der Waals surface area contributed by atoms with Gasteiger partial charge in [0.15, 0.2) is 14.4 Å². The second-order valence-electron chi connectivity index (χ2n) is 9.91. The van der Waals surface area contributed by atoms with Crippen molar-refractivity contribution in [2.75, 3.05) is 6.61 Å². The standard InChI is InChI=1S/C27H32O4Si/c1-7-29-24(28)15-13-18-12-14-23-21(16-18)22-17-19-10-8-9-11-20(19)26(25(22)30-23)31-32(5,6)27(2,3)4/h8-17,25-26H,7H2,1-6H3/b15-13+/t25-,26-/m1/s1. The minimum atomic E-state index is -2.04. The maximum Gasteiger partial charge on any atom is 0.330 e. The van der Waals surface area contributed by atoms with Crippen LogP contribution in [0.1, 0.15) is 56.1 Å². The molecule has 4 rings (SSSR count). The molecule has 0 fully saturated rings. The summed E-state index contributed by atoms with van der Waals surface area (Å²) in [6.45, 7) is 13.5. The minimum Gasteiger partial charge on any atom is -0.482 e. The average Bonchev–Trinajstić information content (AvgIpc) is 3.09. The van der Waals surface area contributed by atoms with Gasteiger partial charge >= 0.3 is 5.97 Å². The van der Waals surface area contributed by atoms with Gasteiger partial charge in [-0.2, -0.15) is 0 Å². The number of hydrogen-bond acceptors (Lipinski definition) is 4.